The average molecular weight is 338 g/mol. The number of benzene rings is 1. The minimum Gasteiger partial charge on any atom is -0.490 e. The minimum absolute atomic E-state index is 0.407. The lowest BCUT2D eigenvalue weighted by molar-refractivity contribution is 0.129. The summed E-state index contributed by atoms with van der Waals surface area (Å²) in [6, 6.07) is 7.14. The fourth-order valence-electron chi connectivity index (χ4n) is 2.98. The van der Waals surface area contributed by atoms with Crippen molar-refractivity contribution in [1.82, 2.24) is 5.32 Å². The van der Waals surface area contributed by atoms with E-state index in [0.717, 1.165) is 24.3 Å². The van der Waals surface area contributed by atoms with Crippen molar-refractivity contribution in [2.75, 3.05) is 0 Å². The van der Waals surface area contributed by atoms with Crippen LogP contribution in [0.5, 0.6) is 5.75 Å². The largest absolute Gasteiger partial charge is 0.490 e. The maximum atomic E-state index is 6.20. The van der Waals surface area contributed by atoms with E-state index in [2.05, 4.69) is 46.4 Å². The van der Waals surface area contributed by atoms with Crippen molar-refractivity contribution < 1.29 is 4.74 Å². The van der Waals surface area contributed by atoms with Gasteiger partial charge in [0.1, 0.15) is 5.75 Å². The third kappa shape index (κ3) is 3.98. The summed E-state index contributed by atoms with van der Waals surface area (Å²) < 4.78 is 7.37. The van der Waals surface area contributed by atoms with Gasteiger partial charge >= 0.3 is 0 Å². The molecule has 0 saturated heterocycles. The molecule has 0 spiro atoms. The fourth-order valence-corrected chi connectivity index (χ4v) is 3.37. The highest BCUT2D eigenvalue weighted by molar-refractivity contribution is 9.10. The molecule has 2 aliphatic rings. The van der Waals surface area contributed by atoms with Gasteiger partial charge in [-0.05, 0) is 61.8 Å². The molecule has 0 radical (unpaired) electrons. The Balaban J connectivity index is 1.61. The lowest BCUT2D eigenvalue weighted by Crippen LogP contribution is -2.24. The van der Waals surface area contributed by atoms with Crippen LogP contribution in [-0.4, -0.2) is 12.1 Å². The standard InChI is InChI=1S/C17H24BrNO/c1-12-3-2-4-15(9-12)20-16-7-8-17(18)13(10-16)11-19-14-5-6-14/h7-8,10,12,14-15,19H,2-6,9,11H2,1H3. The van der Waals surface area contributed by atoms with E-state index >= 15 is 0 Å². The van der Waals surface area contributed by atoms with Crippen LogP contribution in [0.1, 0.15) is 51.0 Å². The van der Waals surface area contributed by atoms with Crippen molar-refractivity contribution in [3.05, 3.63) is 28.2 Å². The van der Waals surface area contributed by atoms with Crippen LogP contribution < -0.4 is 10.1 Å². The first-order chi connectivity index (χ1) is 9.70. The van der Waals surface area contributed by atoms with Crippen LogP contribution in [0.3, 0.4) is 0 Å². The van der Waals surface area contributed by atoms with Gasteiger partial charge in [-0.15, -0.1) is 0 Å². The summed E-state index contributed by atoms with van der Waals surface area (Å²) in [5.74, 6) is 1.83. The van der Waals surface area contributed by atoms with Gasteiger partial charge in [-0.25, -0.2) is 0 Å². The Bertz CT molecular complexity index is 458. The molecule has 0 aliphatic heterocycles. The molecule has 1 aromatic rings. The zero-order valence-electron chi connectivity index (χ0n) is 12.2. The number of hydrogen-bond acceptors (Lipinski definition) is 2. The van der Waals surface area contributed by atoms with Gasteiger partial charge in [0, 0.05) is 17.1 Å². The first-order valence-electron chi connectivity index (χ1n) is 7.89. The normalized spacial score (nSPS) is 26.5. The van der Waals surface area contributed by atoms with E-state index in [9.17, 15) is 0 Å². The van der Waals surface area contributed by atoms with Gasteiger partial charge in [-0.1, -0.05) is 29.3 Å². The molecule has 1 N–H and O–H groups in total. The number of halogens is 1. The van der Waals surface area contributed by atoms with E-state index in [-0.39, 0.29) is 0 Å². The van der Waals surface area contributed by atoms with Crippen molar-refractivity contribution in [1.29, 1.82) is 0 Å². The molecule has 2 fully saturated rings. The van der Waals surface area contributed by atoms with E-state index in [4.69, 9.17) is 4.74 Å². The summed E-state index contributed by atoms with van der Waals surface area (Å²) >= 11 is 3.64. The van der Waals surface area contributed by atoms with Crippen molar-refractivity contribution in [2.45, 2.75) is 64.1 Å². The Labute approximate surface area is 130 Å². The molecule has 2 atom stereocenters. The van der Waals surface area contributed by atoms with Crippen LogP contribution in [0, 0.1) is 5.92 Å². The number of rotatable bonds is 5. The van der Waals surface area contributed by atoms with Gasteiger partial charge in [0.05, 0.1) is 6.10 Å². The highest BCUT2D eigenvalue weighted by Crippen LogP contribution is 2.30. The molecule has 3 heteroatoms. The van der Waals surface area contributed by atoms with E-state index in [1.54, 1.807) is 0 Å². The first-order valence-corrected chi connectivity index (χ1v) is 8.68. The fraction of sp³-hybridized carbons (Fsp3) is 0.647. The molecule has 0 heterocycles. The predicted molar refractivity (Wildman–Crippen MR) is 86.1 cm³/mol. The Morgan fingerprint density at radius 2 is 2.10 bits per heavy atom. The van der Waals surface area contributed by atoms with Crippen LogP contribution in [-0.2, 0) is 6.54 Å². The topological polar surface area (TPSA) is 21.3 Å². The zero-order chi connectivity index (χ0) is 13.9. The molecule has 2 saturated carbocycles. The SMILES string of the molecule is CC1CCCC(Oc2ccc(Br)c(CNC3CC3)c2)C1. The minimum atomic E-state index is 0.407. The van der Waals surface area contributed by atoms with Crippen molar-refractivity contribution in [3.63, 3.8) is 0 Å². The smallest absolute Gasteiger partial charge is 0.120 e. The zero-order valence-corrected chi connectivity index (χ0v) is 13.8. The second-order valence-corrected chi connectivity index (χ2v) is 7.27. The Morgan fingerprint density at radius 1 is 1.25 bits per heavy atom. The summed E-state index contributed by atoms with van der Waals surface area (Å²) in [5.41, 5.74) is 1.30. The van der Waals surface area contributed by atoms with Gasteiger partial charge in [0.2, 0.25) is 0 Å². The Kier molecular flexibility index (Phi) is 4.67. The van der Waals surface area contributed by atoms with E-state index in [0.29, 0.717) is 6.10 Å². The molecular formula is C17H24BrNO. The molecule has 3 rings (SSSR count). The third-order valence-corrected chi connectivity index (χ3v) is 5.14. The van der Waals surface area contributed by atoms with Gasteiger partial charge < -0.3 is 10.1 Å². The lowest BCUT2D eigenvalue weighted by atomic mass is 9.89. The van der Waals surface area contributed by atoms with E-state index in [1.165, 1.54) is 48.6 Å². The molecule has 20 heavy (non-hydrogen) atoms. The number of hydrogen-bond donors (Lipinski definition) is 1. The predicted octanol–water partition coefficient (Wildman–Crippen LogP) is 4.66. The summed E-state index contributed by atoms with van der Waals surface area (Å²) in [4.78, 5) is 0. The van der Waals surface area contributed by atoms with Crippen molar-refractivity contribution in [2.24, 2.45) is 5.92 Å². The molecule has 0 amide bonds. The molecule has 0 aromatic heterocycles. The summed E-state index contributed by atoms with van der Waals surface area (Å²) in [5, 5.41) is 3.57. The molecular weight excluding hydrogens is 314 g/mol. The molecule has 1 aromatic carbocycles. The molecule has 110 valence electrons. The van der Waals surface area contributed by atoms with E-state index in [1.807, 2.05) is 0 Å². The highest BCUT2D eigenvalue weighted by atomic mass is 79.9. The van der Waals surface area contributed by atoms with Crippen LogP contribution in [0.2, 0.25) is 0 Å². The summed E-state index contributed by atoms with van der Waals surface area (Å²) in [6.07, 6.45) is 8.13. The molecule has 2 nitrogen and oxygen atoms in total. The summed E-state index contributed by atoms with van der Waals surface area (Å²) in [7, 11) is 0. The van der Waals surface area contributed by atoms with Crippen LogP contribution in [0.4, 0.5) is 0 Å². The average Bonchev–Trinajstić information content (AvgIpc) is 3.23. The van der Waals surface area contributed by atoms with Gasteiger partial charge in [-0.3, -0.25) is 0 Å². The number of nitrogens with one attached hydrogen (secondary N) is 1. The van der Waals surface area contributed by atoms with Crippen LogP contribution in [0.15, 0.2) is 22.7 Å². The van der Waals surface area contributed by atoms with Crippen LogP contribution >= 0.6 is 15.9 Å². The van der Waals surface area contributed by atoms with Gasteiger partial charge in [0.25, 0.3) is 0 Å². The Morgan fingerprint density at radius 3 is 2.85 bits per heavy atom. The van der Waals surface area contributed by atoms with Gasteiger partial charge in [-0.2, -0.15) is 0 Å². The Hall–Kier alpha value is -0.540. The maximum Gasteiger partial charge on any atom is 0.120 e. The van der Waals surface area contributed by atoms with Crippen molar-refractivity contribution in [3.8, 4) is 5.75 Å². The summed E-state index contributed by atoms with van der Waals surface area (Å²) in [6.45, 7) is 3.27. The second-order valence-electron chi connectivity index (χ2n) is 6.42. The van der Waals surface area contributed by atoms with Crippen molar-refractivity contribution >= 4 is 15.9 Å². The third-order valence-electron chi connectivity index (χ3n) is 4.37. The second kappa shape index (κ2) is 6.48. The molecule has 0 bridgehead atoms. The molecule has 2 aliphatic carbocycles. The monoisotopic (exact) mass is 337 g/mol. The maximum absolute atomic E-state index is 6.20. The lowest BCUT2D eigenvalue weighted by Gasteiger charge is -2.27. The van der Waals surface area contributed by atoms with Gasteiger partial charge in [0.15, 0.2) is 0 Å². The molecule has 2 unspecified atom stereocenters. The first kappa shape index (κ1) is 14.4. The van der Waals surface area contributed by atoms with Crippen LogP contribution in [0.25, 0.3) is 0 Å². The highest BCUT2D eigenvalue weighted by Gasteiger charge is 2.22. The number of ether oxygens (including phenoxy) is 1. The quantitative estimate of drug-likeness (QED) is 0.843. The van der Waals surface area contributed by atoms with E-state index < -0.39 is 0 Å².